The standard InChI is InChI=1S/C32H31F6N5O8S/c1-4-17-9-19(12-24-15(2)14-49-26(17)24)25(28(44)43-52(40,47)48)41-23-7-5-18(6-8-23)27(39)42-30(46)51-16(3)50-29(45)20-10-21(31(33,34)35)13-22(11-20)32(36,37)38/h5-14,16,25,27,41H,4,39H2,1-3H3,(H,42,46)(H,43,44)(H2,40,47,48). The first-order chi connectivity index (χ1) is 24.0. The number of carbonyl (C=O) groups is 3. The van der Waals surface area contributed by atoms with E-state index < -0.39 is 75.7 Å². The number of hydrogen-bond donors (Lipinski definition) is 5. The monoisotopic (exact) mass is 759 g/mol. The van der Waals surface area contributed by atoms with Gasteiger partial charge in [0.05, 0.1) is 23.0 Å². The van der Waals surface area contributed by atoms with Crippen molar-refractivity contribution in [1.82, 2.24) is 10.0 Å². The fraction of sp³-hybridized carbons (Fsp3) is 0.281. The number of alkyl halides is 6. The zero-order valence-corrected chi connectivity index (χ0v) is 28.1. The second-order valence-electron chi connectivity index (χ2n) is 11.3. The van der Waals surface area contributed by atoms with Crippen molar-refractivity contribution in [1.29, 1.82) is 0 Å². The number of aryl methyl sites for hydroxylation is 2. The van der Waals surface area contributed by atoms with E-state index in [4.69, 9.17) is 24.8 Å². The van der Waals surface area contributed by atoms with Crippen LogP contribution < -0.4 is 26.2 Å². The lowest BCUT2D eigenvalue weighted by molar-refractivity contribution is -0.143. The van der Waals surface area contributed by atoms with E-state index >= 15 is 0 Å². The summed E-state index contributed by atoms with van der Waals surface area (Å²) in [5.74, 6) is -2.62. The van der Waals surface area contributed by atoms with Crippen LogP contribution in [-0.4, -0.2) is 32.7 Å². The summed E-state index contributed by atoms with van der Waals surface area (Å²) in [6.07, 6.45) is -12.7. The predicted molar refractivity (Wildman–Crippen MR) is 172 cm³/mol. The summed E-state index contributed by atoms with van der Waals surface area (Å²) in [4.78, 5) is 37.9. The highest BCUT2D eigenvalue weighted by atomic mass is 32.2. The molecule has 1 heterocycles. The first kappa shape index (κ1) is 39.4. The Balaban J connectivity index is 1.44. The molecule has 0 fully saturated rings. The van der Waals surface area contributed by atoms with Crippen LogP contribution in [-0.2, 0) is 43.3 Å². The number of hydrogen-bond acceptors (Lipinski definition) is 10. The van der Waals surface area contributed by atoms with Crippen LogP contribution in [0.5, 0.6) is 0 Å². The Labute approximate surface area is 291 Å². The molecule has 0 aliphatic rings. The number of ether oxygens (including phenoxy) is 2. The minimum absolute atomic E-state index is 0.162. The van der Waals surface area contributed by atoms with Crippen molar-refractivity contribution in [3.8, 4) is 0 Å². The molecule has 3 atom stereocenters. The molecule has 7 N–H and O–H groups in total. The van der Waals surface area contributed by atoms with Crippen molar-refractivity contribution < 1.29 is 63.0 Å². The molecular formula is C32H31F6N5O8S. The minimum atomic E-state index is -5.21. The van der Waals surface area contributed by atoms with E-state index in [1.165, 1.54) is 24.3 Å². The summed E-state index contributed by atoms with van der Waals surface area (Å²) in [6.45, 7) is 4.66. The second kappa shape index (κ2) is 15.1. The maximum atomic E-state index is 13.1. The number of benzene rings is 3. The van der Waals surface area contributed by atoms with Gasteiger partial charge in [-0.25, -0.2) is 19.5 Å². The number of rotatable bonds is 11. The van der Waals surface area contributed by atoms with Gasteiger partial charge < -0.3 is 30.3 Å². The number of carbonyl (C=O) groups excluding carboxylic acids is 3. The summed E-state index contributed by atoms with van der Waals surface area (Å²) in [5.41, 5.74) is 4.56. The van der Waals surface area contributed by atoms with Crippen molar-refractivity contribution in [2.75, 3.05) is 5.32 Å². The molecule has 0 saturated carbocycles. The molecule has 3 unspecified atom stereocenters. The Morgan fingerprint density at radius 2 is 1.50 bits per heavy atom. The predicted octanol–water partition coefficient (Wildman–Crippen LogP) is 5.70. The molecule has 0 aliphatic heterocycles. The summed E-state index contributed by atoms with van der Waals surface area (Å²) >= 11 is 0. The molecule has 0 bridgehead atoms. The van der Waals surface area contributed by atoms with Gasteiger partial charge in [-0.05, 0) is 78.1 Å². The topological polar surface area (TPSA) is 205 Å². The maximum absolute atomic E-state index is 13.1. The summed E-state index contributed by atoms with van der Waals surface area (Å²) in [5, 5.41) is 10.9. The van der Waals surface area contributed by atoms with Gasteiger partial charge >= 0.3 is 24.4 Å². The molecule has 0 radical (unpaired) electrons. The summed E-state index contributed by atoms with van der Waals surface area (Å²) in [6, 6.07) is 8.01. The van der Waals surface area contributed by atoms with Crippen LogP contribution in [0.15, 0.2) is 65.3 Å². The van der Waals surface area contributed by atoms with Gasteiger partial charge in [0.25, 0.3) is 16.1 Å². The van der Waals surface area contributed by atoms with E-state index in [1.807, 2.05) is 6.92 Å². The van der Waals surface area contributed by atoms with Gasteiger partial charge in [-0.15, -0.1) is 0 Å². The molecule has 3 aromatic carbocycles. The number of esters is 1. The third-order valence-electron chi connectivity index (χ3n) is 7.41. The van der Waals surface area contributed by atoms with Gasteiger partial charge in [0.2, 0.25) is 6.29 Å². The first-order valence-electron chi connectivity index (χ1n) is 15.0. The number of halogens is 6. The highest BCUT2D eigenvalue weighted by molar-refractivity contribution is 7.87. The first-order valence-corrected chi connectivity index (χ1v) is 16.5. The minimum Gasteiger partial charge on any atom is -0.464 e. The lowest BCUT2D eigenvalue weighted by Crippen LogP contribution is -2.41. The van der Waals surface area contributed by atoms with Crippen LogP contribution in [0.2, 0.25) is 0 Å². The van der Waals surface area contributed by atoms with E-state index in [0.29, 0.717) is 28.6 Å². The Morgan fingerprint density at radius 1 is 0.904 bits per heavy atom. The van der Waals surface area contributed by atoms with Gasteiger partial charge in [-0.2, -0.15) is 34.8 Å². The van der Waals surface area contributed by atoms with Crippen LogP contribution in [0.25, 0.3) is 11.0 Å². The molecule has 20 heteroatoms. The molecule has 52 heavy (non-hydrogen) atoms. The highest BCUT2D eigenvalue weighted by Gasteiger charge is 2.38. The third-order valence-corrected chi connectivity index (χ3v) is 7.90. The quantitative estimate of drug-likeness (QED) is 0.0717. The SMILES string of the molecule is CCc1cc(C(Nc2ccc(C(N)NC(=O)OC(C)OC(=O)c3cc(C(F)(F)F)cc(C(F)(F)F)c3)cc2)C(=O)NS(N)(=O)=O)cc2c(C)coc12. The van der Waals surface area contributed by atoms with Crippen molar-refractivity contribution in [2.45, 2.75) is 58.0 Å². The largest absolute Gasteiger partial charge is 0.464 e. The molecule has 4 aromatic rings. The summed E-state index contributed by atoms with van der Waals surface area (Å²) < 4.78 is 119. The molecule has 0 aliphatic carbocycles. The number of nitrogens with one attached hydrogen (secondary N) is 3. The van der Waals surface area contributed by atoms with Crippen molar-refractivity contribution in [2.24, 2.45) is 10.9 Å². The number of fused-ring (bicyclic) bond motifs is 1. The van der Waals surface area contributed by atoms with Crippen molar-refractivity contribution >= 4 is 44.8 Å². The number of anilines is 1. The van der Waals surface area contributed by atoms with E-state index in [1.54, 1.807) is 30.0 Å². The second-order valence-corrected chi connectivity index (χ2v) is 12.6. The Morgan fingerprint density at radius 3 is 2.04 bits per heavy atom. The number of nitrogens with two attached hydrogens (primary N) is 2. The zero-order valence-electron chi connectivity index (χ0n) is 27.3. The highest BCUT2D eigenvalue weighted by Crippen LogP contribution is 2.37. The van der Waals surface area contributed by atoms with Crippen LogP contribution in [0.3, 0.4) is 0 Å². The normalized spacial score (nSPS) is 13.9. The molecular weight excluding hydrogens is 728 g/mol. The fourth-order valence-corrected chi connectivity index (χ4v) is 5.35. The van der Waals surface area contributed by atoms with Crippen LogP contribution >= 0.6 is 0 Å². The Kier molecular flexibility index (Phi) is 11.5. The average molecular weight is 760 g/mol. The van der Waals surface area contributed by atoms with Crippen LogP contribution in [0.4, 0.5) is 36.8 Å². The number of furan rings is 1. The Hall–Kier alpha value is -5.34. The van der Waals surface area contributed by atoms with E-state index in [9.17, 15) is 49.1 Å². The fourth-order valence-electron chi connectivity index (χ4n) is 4.95. The smallest absolute Gasteiger partial charge is 0.416 e. The van der Waals surface area contributed by atoms with Gasteiger partial charge in [0, 0.05) is 18.0 Å². The molecule has 4 rings (SSSR count). The van der Waals surface area contributed by atoms with E-state index in [0.717, 1.165) is 18.1 Å². The zero-order chi connectivity index (χ0) is 38.8. The lowest BCUT2D eigenvalue weighted by Gasteiger charge is -2.21. The van der Waals surface area contributed by atoms with Crippen LogP contribution in [0.1, 0.15) is 69.8 Å². The lowest BCUT2D eigenvalue weighted by atomic mass is 9.98. The van der Waals surface area contributed by atoms with Crippen molar-refractivity contribution in [3.63, 3.8) is 0 Å². The molecule has 2 amide bonds. The van der Waals surface area contributed by atoms with E-state index in [2.05, 4.69) is 10.6 Å². The molecule has 1 aromatic heterocycles. The van der Waals surface area contributed by atoms with Gasteiger partial charge in [-0.3, -0.25) is 4.79 Å². The average Bonchev–Trinajstić information content (AvgIpc) is 3.41. The van der Waals surface area contributed by atoms with Gasteiger partial charge in [-0.1, -0.05) is 19.1 Å². The molecule has 280 valence electrons. The number of amides is 2. The molecule has 0 spiro atoms. The van der Waals surface area contributed by atoms with Gasteiger partial charge in [0.15, 0.2) is 0 Å². The third kappa shape index (κ3) is 9.92. The molecule has 13 nitrogen and oxygen atoms in total. The maximum Gasteiger partial charge on any atom is 0.416 e. The molecule has 0 saturated heterocycles. The van der Waals surface area contributed by atoms with Crippen molar-refractivity contribution in [3.05, 3.63) is 99.8 Å². The Bertz CT molecular complexity index is 2050. The van der Waals surface area contributed by atoms with E-state index in [-0.39, 0.29) is 23.8 Å². The summed E-state index contributed by atoms with van der Waals surface area (Å²) in [7, 11) is -4.43. The van der Waals surface area contributed by atoms with Gasteiger partial charge in [0.1, 0.15) is 17.8 Å². The number of alkyl carbamates (subject to hydrolysis) is 1. The van der Waals surface area contributed by atoms with Crippen LogP contribution in [0, 0.1) is 6.92 Å².